The lowest BCUT2D eigenvalue weighted by Crippen LogP contribution is -2.35. The first-order chi connectivity index (χ1) is 11.0. The second-order valence-corrected chi connectivity index (χ2v) is 7.34. The summed E-state index contributed by atoms with van der Waals surface area (Å²) in [5.41, 5.74) is -1.23. The van der Waals surface area contributed by atoms with E-state index >= 15 is 0 Å². The highest BCUT2D eigenvalue weighted by molar-refractivity contribution is 7.89. The highest BCUT2D eigenvalue weighted by Crippen LogP contribution is 2.35. The van der Waals surface area contributed by atoms with Gasteiger partial charge in [0.1, 0.15) is 0 Å². The first-order valence-electron chi connectivity index (χ1n) is 7.13. The quantitative estimate of drug-likeness (QED) is 0.756. The average molecular weight is 387 g/mol. The molecule has 136 valence electrons. The third kappa shape index (κ3) is 5.95. The fourth-order valence-corrected chi connectivity index (χ4v) is 3.00. The van der Waals surface area contributed by atoms with Crippen molar-refractivity contribution >= 4 is 27.5 Å². The fraction of sp³-hybridized carbons (Fsp3) is 0.500. The Balaban J connectivity index is 2.78. The minimum atomic E-state index is -4.77. The van der Waals surface area contributed by atoms with E-state index in [-0.39, 0.29) is 24.9 Å². The summed E-state index contributed by atoms with van der Waals surface area (Å²) in [7, 11) is -4.18. The van der Waals surface area contributed by atoms with Crippen LogP contribution in [0.5, 0.6) is 0 Å². The van der Waals surface area contributed by atoms with Crippen LogP contribution in [-0.2, 0) is 21.0 Å². The summed E-state index contributed by atoms with van der Waals surface area (Å²) in [4.78, 5) is 11.0. The molecule has 24 heavy (non-hydrogen) atoms. The van der Waals surface area contributed by atoms with Gasteiger partial charge in [0.05, 0.1) is 15.5 Å². The number of nitrogens with one attached hydrogen (secondary N) is 2. The number of benzene rings is 1. The zero-order valence-electron chi connectivity index (χ0n) is 13.1. The maximum absolute atomic E-state index is 12.8. The summed E-state index contributed by atoms with van der Waals surface area (Å²) in [5, 5.41) is 2.06. The van der Waals surface area contributed by atoms with Gasteiger partial charge in [-0.15, -0.1) is 0 Å². The molecule has 0 heterocycles. The van der Waals surface area contributed by atoms with Crippen molar-refractivity contribution < 1.29 is 26.4 Å². The molecule has 1 amide bonds. The molecule has 1 unspecified atom stereocenters. The van der Waals surface area contributed by atoms with E-state index in [0.29, 0.717) is 6.07 Å². The normalized spacial score (nSPS) is 13.6. The third-order valence-corrected chi connectivity index (χ3v) is 5.01. The number of carbonyl (C=O) groups excluding carboxylic acids is 1. The molecule has 0 aliphatic heterocycles. The molecule has 0 aliphatic carbocycles. The van der Waals surface area contributed by atoms with Crippen LogP contribution in [0.15, 0.2) is 23.1 Å². The average Bonchev–Trinajstić information content (AvgIpc) is 2.45. The van der Waals surface area contributed by atoms with E-state index in [2.05, 4.69) is 10.0 Å². The molecule has 0 saturated heterocycles. The van der Waals surface area contributed by atoms with Gasteiger partial charge in [0.25, 0.3) is 0 Å². The number of alkyl halides is 3. The van der Waals surface area contributed by atoms with Gasteiger partial charge in [-0.2, -0.15) is 13.2 Å². The number of carbonyl (C=O) groups is 1. The van der Waals surface area contributed by atoms with Crippen LogP contribution in [0.4, 0.5) is 13.2 Å². The Morgan fingerprint density at radius 3 is 2.50 bits per heavy atom. The van der Waals surface area contributed by atoms with Crippen LogP contribution in [0.25, 0.3) is 0 Å². The zero-order chi connectivity index (χ0) is 18.5. The Bertz CT molecular complexity index is 693. The summed E-state index contributed by atoms with van der Waals surface area (Å²) in [6, 6.07) is 2.26. The molecule has 1 atom stereocenters. The number of sulfonamides is 1. The Morgan fingerprint density at radius 1 is 1.33 bits per heavy atom. The van der Waals surface area contributed by atoms with Gasteiger partial charge in [-0.3, -0.25) is 4.79 Å². The smallest absolute Gasteiger partial charge is 0.354 e. The molecular weight excluding hydrogens is 369 g/mol. The molecule has 1 aromatic rings. The van der Waals surface area contributed by atoms with Crippen molar-refractivity contribution in [2.75, 3.05) is 6.54 Å². The second kappa shape index (κ2) is 8.17. The number of hydrogen-bond acceptors (Lipinski definition) is 3. The monoisotopic (exact) mass is 386 g/mol. The molecule has 1 rings (SSSR count). The zero-order valence-corrected chi connectivity index (χ0v) is 14.6. The Hall–Kier alpha value is -1.32. The van der Waals surface area contributed by atoms with E-state index in [0.717, 1.165) is 18.6 Å². The molecule has 10 heteroatoms. The maximum Gasteiger partial charge on any atom is 0.417 e. The molecule has 5 nitrogen and oxygen atoms in total. The lowest BCUT2D eigenvalue weighted by molar-refractivity contribution is -0.137. The maximum atomic E-state index is 12.8. The predicted molar refractivity (Wildman–Crippen MR) is 84.2 cm³/mol. The van der Waals surface area contributed by atoms with Crippen molar-refractivity contribution in [1.29, 1.82) is 0 Å². The Morgan fingerprint density at radius 2 is 1.96 bits per heavy atom. The van der Waals surface area contributed by atoms with Gasteiger partial charge in [0.2, 0.25) is 15.9 Å². The van der Waals surface area contributed by atoms with Crippen LogP contribution < -0.4 is 10.0 Å². The van der Waals surface area contributed by atoms with Crippen LogP contribution in [0.2, 0.25) is 5.02 Å². The summed E-state index contributed by atoms with van der Waals surface area (Å²) in [6.45, 7) is 3.45. The van der Waals surface area contributed by atoms with Crippen molar-refractivity contribution in [2.45, 2.75) is 43.8 Å². The van der Waals surface area contributed by atoms with E-state index in [1.807, 2.05) is 6.92 Å². The molecule has 0 spiro atoms. The number of amides is 1. The van der Waals surface area contributed by atoms with Gasteiger partial charge < -0.3 is 5.32 Å². The summed E-state index contributed by atoms with van der Waals surface area (Å²) < 4.78 is 64.5. The third-order valence-electron chi connectivity index (χ3n) is 3.22. The Labute approximate surface area is 143 Å². The van der Waals surface area contributed by atoms with E-state index in [9.17, 15) is 26.4 Å². The molecule has 1 aromatic carbocycles. The molecule has 0 saturated carbocycles. The van der Waals surface area contributed by atoms with E-state index < -0.39 is 31.7 Å². The SMILES string of the molecule is CCC(C)NC(=O)CCNS(=O)(=O)c1ccc(Cl)c(C(F)(F)F)c1. The van der Waals surface area contributed by atoms with Crippen LogP contribution >= 0.6 is 11.6 Å². The minimum Gasteiger partial charge on any atom is -0.354 e. The molecule has 0 radical (unpaired) electrons. The van der Waals surface area contributed by atoms with Crippen molar-refractivity contribution in [3.8, 4) is 0 Å². The van der Waals surface area contributed by atoms with Crippen LogP contribution in [-0.4, -0.2) is 26.9 Å². The van der Waals surface area contributed by atoms with Crippen LogP contribution in [0, 0.1) is 0 Å². The van der Waals surface area contributed by atoms with Crippen molar-refractivity contribution in [1.82, 2.24) is 10.0 Å². The highest BCUT2D eigenvalue weighted by Gasteiger charge is 2.34. The number of halogens is 4. The van der Waals surface area contributed by atoms with Crippen molar-refractivity contribution in [3.05, 3.63) is 28.8 Å². The van der Waals surface area contributed by atoms with Gasteiger partial charge in [-0.25, -0.2) is 13.1 Å². The molecule has 0 bridgehead atoms. The molecule has 0 fully saturated rings. The number of hydrogen-bond donors (Lipinski definition) is 2. The van der Waals surface area contributed by atoms with Gasteiger partial charge in [0.15, 0.2) is 0 Å². The largest absolute Gasteiger partial charge is 0.417 e. The van der Waals surface area contributed by atoms with Crippen LogP contribution in [0.3, 0.4) is 0 Å². The topological polar surface area (TPSA) is 75.3 Å². The number of rotatable bonds is 7. The molecule has 0 aliphatic rings. The summed E-state index contributed by atoms with van der Waals surface area (Å²) in [6.07, 6.45) is -4.16. The standard InChI is InChI=1S/C14H18ClF3N2O3S/c1-3-9(2)20-13(21)6-7-19-24(22,23)10-4-5-12(15)11(8-10)14(16,17)18/h4-5,8-9,19H,3,6-7H2,1-2H3,(H,20,21). The van der Waals surface area contributed by atoms with Gasteiger partial charge in [-0.1, -0.05) is 18.5 Å². The van der Waals surface area contributed by atoms with E-state index in [1.54, 1.807) is 6.92 Å². The fourth-order valence-electron chi connectivity index (χ4n) is 1.72. The van der Waals surface area contributed by atoms with Crippen molar-refractivity contribution in [3.63, 3.8) is 0 Å². The van der Waals surface area contributed by atoms with Gasteiger partial charge >= 0.3 is 6.18 Å². The summed E-state index contributed by atoms with van der Waals surface area (Å²) >= 11 is 5.45. The van der Waals surface area contributed by atoms with Crippen molar-refractivity contribution in [2.24, 2.45) is 0 Å². The van der Waals surface area contributed by atoms with Gasteiger partial charge in [-0.05, 0) is 31.5 Å². The van der Waals surface area contributed by atoms with E-state index in [4.69, 9.17) is 11.6 Å². The van der Waals surface area contributed by atoms with Gasteiger partial charge in [0, 0.05) is 19.0 Å². The summed E-state index contributed by atoms with van der Waals surface area (Å²) in [5.74, 6) is -0.348. The highest BCUT2D eigenvalue weighted by atomic mass is 35.5. The van der Waals surface area contributed by atoms with E-state index in [1.165, 1.54) is 0 Å². The lowest BCUT2D eigenvalue weighted by Gasteiger charge is -2.13. The Kier molecular flexibility index (Phi) is 7.06. The molecule has 2 N–H and O–H groups in total. The first-order valence-corrected chi connectivity index (χ1v) is 8.99. The predicted octanol–water partition coefficient (Wildman–Crippen LogP) is 2.94. The minimum absolute atomic E-state index is 0.0419. The molecular formula is C14H18ClF3N2O3S. The molecule has 0 aromatic heterocycles. The first kappa shape index (κ1) is 20.7. The lowest BCUT2D eigenvalue weighted by atomic mass is 10.2. The second-order valence-electron chi connectivity index (χ2n) is 5.16. The van der Waals surface area contributed by atoms with Crippen LogP contribution in [0.1, 0.15) is 32.3 Å².